The van der Waals surface area contributed by atoms with Crippen LogP contribution in [-0.4, -0.2) is 50.8 Å². The molecular weight excluding hydrogens is 412 g/mol. The zero-order valence-corrected chi connectivity index (χ0v) is 18.4. The summed E-state index contributed by atoms with van der Waals surface area (Å²) >= 11 is 0. The van der Waals surface area contributed by atoms with Crippen LogP contribution in [0.15, 0.2) is 48.5 Å². The van der Waals surface area contributed by atoms with Gasteiger partial charge < -0.3 is 25.2 Å². The van der Waals surface area contributed by atoms with Gasteiger partial charge in [-0.05, 0) is 49.6 Å². The molecule has 2 aromatic rings. The third kappa shape index (κ3) is 5.78. The summed E-state index contributed by atoms with van der Waals surface area (Å²) in [6.45, 7) is 5.27. The number of nitrogens with one attached hydrogen (secondary N) is 1. The van der Waals surface area contributed by atoms with Crippen LogP contribution in [0.5, 0.6) is 5.75 Å². The molecule has 0 aromatic heterocycles. The minimum atomic E-state index is -1.10. The Morgan fingerprint density at radius 1 is 1.09 bits per heavy atom. The molecule has 0 radical (unpaired) electrons. The van der Waals surface area contributed by atoms with Gasteiger partial charge in [0, 0.05) is 19.4 Å². The molecule has 2 amide bonds. The van der Waals surface area contributed by atoms with Crippen LogP contribution in [0.4, 0.5) is 4.79 Å². The standard InChI is InChI=1S/C24H28N2O6/c1-24(2,3)32-23(31)25-19(12-15-8-10-18(27)11-9-15)21(28)26-14-17-7-5-4-6-16(17)13-20(26)22(29)30/h4-11,19-20,27H,12-14H2,1-3H3,(H,25,31)(H,29,30)/t19-,20?/m0/s1. The number of rotatable bonds is 5. The minimum Gasteiger partial charge on any atom is -0.508 e. The van der Waals surface area contributed by atoms with E-state index in [4.69, 9.17) is 4.74 Å². The number of hydrogen-bond donors (Lipinski definition) is 3. The number of carbonyl (C=O) groups excluding carboxylic acids is 2. The molecule has 3 rings (SSSR count). The van der Waals surface area contributed by atoms with Gasteiger partial charge in [0.1, 0.15) is 23.4 Å². The van der Waals surface area contributed by atoms with Crippen LogP contribution in [0.3, 0.4) is 0 Å². The molecule has 8 heteroatoms. The third-order valence-electron chi connectivity index (χ3n) is 5.18. The lowest BCUT2D eigenvalue weighted by atomic mass is 9.92. The number of phenolic OH excluding ortho intramolecular Hbond substituents is 1. The Bertz CT molecular complexity index is 996. The first-order valence-corrected chi connectivity index (χ1v) is 10.4. The first kappa shape index (κ1) is 23.1. The fourth-order valence-electron chi connectivity index (χ4n) is 3.69. The number of phenols is 1. The second-order valence-corrected chi connectivity index (χ2v) is 8.86. The van der Waals surface area contributed by atoms with Crippen molar-refractivity contribution >= 4 is 18.0 Å². The molecule has 0 fully saturated rings. The lowest BCUT2D eigenvalue weighted by Gasteiger charge is -2.37. The predicted molar refractivity (Wildman–Crippen MR) is 117 cm³/mol. The van der Waals surface area contributed by atoms with Crippen LogP contribution in [0.25, 0.3) is 0 Å². The van der Waals surface area contributed by atoms with Crippen molar-refractivity contribution in [3.05, 3.63) is 65.2 Å². The Kier molecular flexibility index (Phi) is 6.72. The summed E-state index contributed by atoms with van der Waals surface area (Å²) in [5, 5.41) is 21.9. The highest BCUT2D eigenvalue weighted by molar-refractivity contribution is 5.90. The van der Waals surface area contributed by atoms with Gasteiger partial charge >= 0.3 is 12.1 Å². The van der Waals surface area contributed by atoms with E-state index in [0.717, 1.165) is 11.1 Å². The molecule has 0 bridgehead atoms. The first-order chi connectivity index (χ1) is 15.0. The summed E-state index contributed by atoms with van der Waals surface area (Å²) in [5.41, 5.74) is 1.70. The van der Waals surface area contributed by atoms with Crippen molar-refractivity contribution in [3.8, 4) is 5.75 Å². The summed E-state index contributed by atoms with van der Waals surface area (Å²) in [6.07, 6.45) is -0.461. The molecule has 0 saturated carbocycles. The van der Waals surface area contributed by atoms with Crippen LogP contribution in [0, 0.1) is 0 Å². The molecule has 1 heterocycles. The number of benzene rings is 2. The highest BCUT2D eigenvalue weighted by atomic mass is 16.6. The maximum Gasteiger partial charge on any atom is 0.408 e. The lowest BCUT2D eigenvalue weighted by molar-refractivity contribution is -0.152. The van der Waals surface area contributed by atoms with Crippen molar-refractivity contribution in [3.63, 3.8) is 0 Å². The molecule has 8 nitrogen and oxygen atoms in total. The number of alkyl carbamates (subject to hydrolysis) is 1. The number of carbonyl (C=O) groups is 3. The number of ether oxygens (including phenoxy) is 1. The summed E-state index contributed by atoms with van der Waals surface area (Å²) in [7, 11) is 0. The molecule has 1 aliphatic rings. The molecule has 2 atom stereocenters. The van der Waals surface area contributed by atoms with Gasteiger partial charge in [-0.25, -0.2) is 9.59 Å². The van der Waals surface area contributed by atoms with E-state index in [-0.39, 0.29) is 25.1 Å². The van der Waals surface area contributed by atoms with Gasteiger partial charge in [0.15, 0.2) is 0 Å². The number of aliphatic carboxylic acids is 1. The Labute approximate surface area is 186 Å². The van der Waals surface area contributed by atoms with Crippen molar-refractivity contribution in [2.75, 3.05) is 0 Å². The van der Waals surface area contributed by atoms with Crippen molar-refractivity contribution in [1.29, 1.82) is 0 Å². The van der Waals surface area contributed by atoms with E-state index < -0.39 is 35.7 Å². The van der Waals surface area contributed by atoms with Gasteiger partial charge in [-0.2, -0.15) is 0 Å². The molecule has 0 aliphatic carbocycles. The number of hydrogen-bond acceptors (Lipinski definition) is 5. The Morgan fingerprint density at radius 3 is 2.31 bits per heavy atom. The number of aromatic hydroxyl groups is 1. The first-order valence-electron chi connectivity index (χ1n) is 10.4. The molecule has 2 aromatic carbocycles. The molecule has 170 valence electrons. The SMILES string of the molecule is CC(C)(C)OC(=O)N[C@@H](Cc1ccc(O)cc1)C(=O)N1Cc2ccccc2CC1C(=O)O. The summed E-state index contributed by atoms with van der Waals surface area (Å²) in [4.78, 5) is 39.3. The molecule has 32 heavy (non-hydrogen) atoms. The summed E-state index contributed by atoms with van der Waals surface area (Å²) in [6, 6.07) is 11.6. The van der Waals surface area contributed by atoms with E-state index in [1.54, 1.807) is 32.9 Å². The number of nitrogens with zero attached hydrogens (tertiary/aromatic N) is 1. The monoisotopic (exact) mass is 440 g/mol. The Morgan fingerprint density at radius 2 is 1.72 bits per heavy atom. The normalized spacial score (nSPS) is 16.6. The molecule has 1 aliphatic heterocycles. The smallest absolute Gasteiger partial charge is 0.408 e. The Hall–Kier alpha value is -3.55. The van der Waals surface area contributed by atoms with Gasteiger partial charge in [-0.3, -0.25) is 4.79 Å². The zero-order valence-electron chi connectivity index (χ0n) is 18.4. The third-order valence-corrected chi connectivity index (χ3v) is 5.18. The van der Waals surface area contributed by atoms with E-state index in [0.29, 0.717) is 5.56 Å². The zero-order chi connectivity index (χ0) is 23.5. The van der Waals surface area contributed by atoms with Crippen LogP contribution in [0.2, 0.25) is 0 Å². The fraction of sp³-hybridized carbons (Fsp3) is 0.375. The molecule has 0 spiro atoms. The van der Waals surface area contributed by atoms with E-state index in [1.165, 1.54) is 17.0 Å². The fourth-order valence-corrected chi connectivity index (χ4v) is 3.69. The quantitative estimate of drug-likeness (QED) is 0.658. The number of fused-ring (bicyclic) bond motifs is 1. The van der Waals surface area contributed by atoms with Crippen molar-refractivity contribution in [1.82, 2.24) is 10.2 Å². The van der Waals surface area contributed by atoms with Gasteiger partial charge in [0.05, 0.1) is 0 Å². The summed E-state index contributed by atoms with van der Waals surface area (Å²) in [5.74, 6) is -1.53. The highest BCUT2D eigenvalue weighted by Crippen LogP contribution is 2.25. The van der Waals surface area contributed by atoms with Crippen molar-refractivity contribution in [2.45, 2.75) is 57.8 Å². The average molecular weight is 440 g/mol. The molecule has 3 N–H and O–H groups in total. The van der Waals surface area contributed by atoms with Gasteiger partial charge in [0.2, 0.25) is 5.91 Å². The van der Waals surface area contributed by atoms with Crippen LogP contribution >= 0.6 is 0 Å². The number of carboxylic acid groups (broad SMARTS) is 1. The summed E-state index contributed by atoms with van der Waals surface area (Å²) < 4.78 is 5.32. The van der Waals surface area contributed by atoms with Crippen LogP contribution in [0.1, 0.15) is 37.5 Å². The number of amides is 2. The topological polar surface area (TPSA) is 116 Å². The van der Waals surface area contributed by atoms with Gasteiger partial charge in [-0.1, -0.05) is 36.4 Å². The van der Waals surface area contributed by atoms with Gasteiger partial charge in [-0.15, -0.1) is 0 Å². The van der Waals surface area contributed by atoms with E-state index in [9.17, 15) is 24.6 Å². The molecular formula is C24H28N2O6. The number of carboxylic acids is 1. The van der Waals surface area contributed by atoms with E-state index in [1.807, 2.05) is 24.3 Å². The Balaban J connectivity index is 1.89. The maximum atomic E-state index is 13.5. The average Bonchev–Trinajstić information content (AvgIpc) is 2.72. The van der Waals surface area contributed by atoms with E-state index >= 15 is 0 Å². The second-order valence-electron chi connectivity index (χ2n) is 8.86. The largest absolute Gasteiger partial charge is 0.508 e. The second kappa shape index (κ2) is 9.30. The maximum absolute atomic E-state index is 13.5. The molecule has 0 saturated heterocycles. The van der Waals surface area contributed by atoms with Crippen LogP contribution in [-0.2, 0) is 33.7 Å². The van der Waals surface area contributed by atoms with Crippen molar-refractivity contribution < 1.29 is 29.3 Å². The van der Waals surface area contributed by atoms with Gasteiger partial charge in [0.25, 0.3) is 0 Å². The highest BCUT2D eigenvalue weighted by Gasteiger charge is 2.38. The predicted octanol–water partition coefficient (Wildman–Crippen LogP) is 2.87. The van der Waals surface area contributed by atoms with Crippen LogP contribution < -0.4 is 5.32 Å². The van der Waals surface area contributed by atoms with Crippen molar-refractivity contribution in [2.24, 2.45) is 0 Å². The minimum absolute atomic E-state index is 0.0790. The van der Waals surface area contributed by atoms with E-state index in [2.05, 4.69) is 5.32 Å². The lowest BCUT2D eigenvalue weighted by Crippen LogP contribution is -2.56. The molecule has 1 unspecified atom stereocenters.